The molecule has 27 heavy (non-hydrogen) atoms. The summed E-state index contributed by atoms with van der Waals surface area (Å²) in [6, 6.07) is 12.2. The van der Waals surface area contributed by atoms with Crippen molar-refractivity contribution in [2.45, 2.75) is 0 Å². The van der Waals surface area contributed by atoms with E-state index in [4.69, 9.17) is 0 Å². The van der Waals surface area contributed by atoms with Crippen LogP contribution in [0.2, 0.25) is 0 Å². The maximum Gasteiger partial charge on any atom is 0.259 e. The number of amides is 2. The zero-order valence-corrected chi connectivity index (χ0v) is 15.1. The molecule has 1 aliphatic heterocycles. The van der Waals surface area contributed by atoms with E-state index in [1.54, 1.807) is 6.07 Å². The first-order valence-electron chi connectivity index (χ1n) is 8.36. The van der Waals surface area contributed by atoms with Gasteiger partial charge in [0.25, 0.3) is 11.8 Å². The highest BCUT2D eigenvalue weighted by Crippen LogP contribution is 2.40. The van der Waals surface area contributed by atoms with Crippen LogP contribution in [0.15, 0.2) is 54.0 Å². The van der Waals surface area contributed by atoms with Gasteiger partial charge in [0.1, 0.15) is 5.82 Å². The fourth-order valence-electron chi connectivity index (χ4n) is 3.70. The van der Waals surface area contributed by atoms with Crippen molar-refractivity contribution >= 4 is 55.3 Å². The molecule has 0 radical (unpaired) electrons. The Morgan fingerprint density at radius 3 is 2.52 bits per heavy atom. The van der Waals surface area contributed by atoms with Gasteiger partial charge in [0.05, 0.1) is 11.1 Å². The van der Waals surface area contributed by atoms with Crippen LogP contribution in [-0.2, 0) is 16.6 Å². The number of para-hydroxylation sites is 1. The Labute approximate surface area is 157 Å². The van der Waals surface area contributed by atoms with Crippen LogP contribution in [0.25, 0.3) is 32.1 Å². The van der Waals surface area contributed by atoms with Crippen molar-refractivity contribution in [2.75, 3.05) is 0 Å². The van der Waals surface area contributed by atoms with Gasteiger partial charge in [-0.1, -0.05) is 18.2 Å². The van der Waals surface area contributed by atoms with Crippen molar-refractivity contribution in [3.8, 4) is 0 Å². The average Bonchev–Trinajstić information content (AvgIpc) is 3.29. The average molecular weight is 376 g/mol. The van der Waals surface area contributed by atoms with Crippen molar-refractivity contribution in [1.29, 1.82) is 0 Å². The Morgan fingerprint density at radius 2 is 1.70 bits per heavy atom. The van der Waals surface area contributed by atoms with E-state index in [1.807, 2.05) is 47.5 Å². The summed E-state index contributed by atoms with van der Waals surface area (Å²) in [4.78, 5) is 25.3. The fraction of sp³-hybridized carbons (Fsp3) is 0.0476. The quantitative estimate of drug-likeness (QED) is 0.536. The SMILES string of the molecule is Cn1cc(C2=C(c3csc4ccc(F)cc34)C(=O)NC2=O)c2ccccc21. The van der Waals surface area contributed by atoms with Gasteiger partial charge in [-0.3, -0.25) is 14.9 Å². The first-order chi connectivity index (χ1) is 13.0. The number of halogens is 1. The number of carbonyl (C=O) groups is 2. The molecule has 1 aliphatic rings. The second-order valence-electron chi connectivity index (χ2n) is 6.49. The van der Waals surface area contributed by atoms with Crippen LogP contribution >= 0.6 is 11.3 Å². The minimum absolute atomic E-state index is 0.299. The molecule has 1 N–H and O–H groups in total. The van der Waals surface area contributed by atoms with E-state index in [1.165, 1.54) is 23.5 Å². The molecule has 0 saturated heterocycles. The Bertz CT molecular complexity index is 1310. The molecule has 4 aromatic rings. The molecule has 0 atom stereocenters. The van der Waals surface area contributed by atoms with Crippen LogP contribution < -0.4 is 5.32 Å². The van der Waals surface area contributed by atoms with Crippen LogP contribution in [0.1, 0.15) is 11.1 Å². The second-order valence-corrected chi connectivity index (χ2v) is 7.41. The summed E-state index contributed by atoms with van der Waals surface area (Å²) >= 11 is 1.42. The summed E-state index contributed by atoms with van der Waals surface area (Å²) in [7, 11) is 1.90. The maximum atomic E-state index is 13.8. The number of aromatic nitrogens is 1. The summed E-state index contributed by atoms with van der Waals surface area (Å²) in [5, 5.41) is 5.74. The van der Waals surface area contributed by atoms with Crippen molar-refractivity contribution in [2.24, 2.45) is 7.05 Å². The standard InChI is InChI=1S/C21H13FN2O2S/c1-24-9-14(12-4-2-3-5-16(12)24)18-19(21(26)23-20(18)25)15-10-27-17-7-6-11(22)8-13(15)17/h2-10H,1H3,(H,23,25,26). The first-order valence-corrected chi connectivity index (χ1v) is 9.24. The molecule has 0 bridgehead atoms. The minimum atomic E-state index is -0.452. The molecule has 4 nitrogen and oxygen atoms in total. The van der Waals surface area contributed by atoms with Crippen LogP contribution in [0.4, 0.5) is 4.39 Å². The van der Waals surface area contributed by atoms with E-state index < -0.39 is 11.8 Å². The van der Waals surface area contributed by atoms with Gasteiger partial charge in [0, 0.05) is 50.7 Å². The second kappa shape index (κ2) is 5.62. The fourth-order valence-corrected chi connectivity index (χ4v) is 4.64. The number of rotatable bonds is 2. The molecule has 132 valence electrons. The predicted octanol–water partition coefficient (Wildman–Crippen LogP) is 4.10. The third kappa shape index (κ3) is 2.27. The molecule has 2 aromatic heterocycles. The lowest BCUT2D eigenvalue weighted by Gasteiger charge is -2.03. The number of hydrogen-bond donors (Lipinski definition) is 1. The Morgan fingerprint density at radius 1 is 0.963 bits per heavy atom. The monoisotopic (exact) mass is 376 g/mol. The third-order valence-corrected chi connectivity index (χ3v) is 5.87. The molecule has 2 amide bonds. The number of nitrogens with one attached hydrogen (secondary N) is 1. The van der Waals surface area contributed by atoms with E-state index in [-0.39, 0.29) is 5.82 Å². The molecule has 6 heteroatoms. The number of imide groups is 1. The number of aryl methyl sites for hydroxylation is 1. The summed E-state index contributed by atoms with van der Waals surface area (Å²) in [5.41, 5.74) is 2.88. The highest BCUT2D eigenvalue weighted by molar-refractivity contribution is 7.17. The van der Waals surface area contributed by atoms with Crippen molar-refractivity contribution in [3.05, 3.63) is 71.0 Å². The number of benzene rings is 2. The van der Waals surface area contributed by atoms with Gasteiger partial charge >= 0.3 is 0 Å². The molecule has 0 aliphatic carbocycles. The lowest BCUT2D eigenvalue weighted by molar-refractivity contribution is -0.122. The van der Waals surface area contributed by atoms with Gasteiger partial charge in [0.15, 0.2) is 0 Å². The molecule has 0 spiro atoms. The van der Waals surface area contributed by atoms with Crippen LogP contribution in [0, 0.1) is 5.82 Å². The minimum Gasteiger partial charge on any atom is -0.350 e. The van der Waals surface area contributed by atoms with E-state index in [2.05, 4.69) is 5.32 Å². The van der Waals surface area contributed by atoms with E-state index in [0.717, 1.165) is 15.6 Å². The highest BCUT2D eigenvalue weighted by atomic mass is 32.1. The number of carbonyl (C=O) groups excluding carboxylic acids is 2. The zero-order chi connectivity index (χ0) is 18.7. The first kappa shape index (κ1) is 16.0. The molecule has 0 unspecified atom stereocenters. The predicted molar refractivity (Wildman–Crippen MR) is 105 cm³/mol. The van der Waals surface area contributed by atoms with Gasteiger partial charge in [-0.2, -0.15) is 0 Å². The molecule has 3 heterocycles. The van der Waals surface area contributed by atoms with Gasteiger partial charge in [-0.25, -0.2) is 4.39 Å². The molecular formula is C21H13FN2O2S. The van der Waals surface area contributed by atoms with Crippen molar-refractivity contribution < 1.29 is 14.0 Å². The van der Waals surface area contributed by atoms with E-state index in [9.17, 15) is 14.0 Å². The van der Waals surface area contributed by atoms with Gasteiger partial charge in [-0.15, -0.1) is 11.3 Å². The number of nitrogens with zero attached hydrogens (tertiary/aromatic N) is 1. The Hall–Kier alpha value is -3.25. The van der Waals surface area contributed by atoms with Crippen molar-refractivity contribution in [3.63, 3.8) is 0 Å². The summed E-state index contributed by atoms with van der Waals surface area (Å²) < 4.78 is 16.6. The Kier molecular flexibility index (Phi) is 3.32. The summed E-state index contributed by atoms with van der Waals surface area (Å²) in [6.45, 7) is 0. The lowest BCUT2D eigenvalue weighted by atomic mass is 9.95. The molecule has 0 saturated carbocycles. The largest absolute Gasteiger partial charge is 0.350 e. The number of fused-ring (bicyclic) bond motifs is 2. The van der Waals surface area contributed by atoms with Crippen molar-refractivity contribution in [1.82, 2.24) is 9.88 Å². The number of thiophene rings is 1. The lowest BCUT2D eigenvalue weighted by Crippen LogP contribution is -2.22. The summed E-state index contributed by atoms with van der Waals surface area (Å²) in [6.07, 6.45) is 1.85. The molecular weight excluding hydrogens is 363 g/mol. The van der Waals surface area contributed by atoms with Crippen LogP contribution in [0.3, 0.4) is 0 Å². The molecule has 0 fully saturated rings. The van der Waals surface area contributed by atoms with E-state index >= 15 is 0 Å². The van der Waals surface area contributed by atoms with Gasteiger partial charge in [-0.05, 0) is 24.3 Å². The molecule has 2 aromatic carbocycles. The normalized spacial score (nSPS) is 14.6. The maximum absolute atomic E-state index is 13.8. The molecule has 5 rings (SSSR count). The highest BCUT2D eigenvalue weighted by Gasteiger charge is 2.34. The number of hydrogen-bond acceptors (Lipinski definition) is 3. The van der Waals surface area contributed by atoms with Gasteiger partial charge in [0.2, 0.25) is 0 Å². The Balaban J connectivity index is 1.86. The van der Waals surface area contributed by atoms with Gasteiger partial charge < -0.3 is 4.57 Å². The zero-order valence-electron chi connectivity index (χ0n) is 14.2. The topological polar surface area (TPSA) is 51.1 Å². The third-order valence-electron chi connectivity index (χ3n) is 4.90. The van der Waals surface area contributed by atoms with Crippen LogP contribution in [0.5, 0.6) is 0 Å². The van der Waals surface area contributed by atoms with E-state index in [0.29, 0.717) is 27.7 Å². The summed E-state index contributed by atoms with van der Waals surface area (Å²) in [5.74, 6) is -1.26. The van der Waals surface area contributed by atoms with Crippen LogP contribution in [-0.4, -0.2) is 16.4 Å². The smallest absolute Gasteiger partial charge is 0.259 e.